The Bertz CT molecular complexity index is 436. The number of carbonyl (C=O) groups excluding carboxylic acids is 3. The van der Waals surface area contributed by atoms with Crippen LogP contribution >= 0.6 is 0 Å². The first-order valence-corrected chi connectivity index (χ1v) is 6.51. The van der Waals surface area contributed by atoms with Gasteiger partial charge in [-0.2, -0.15) is 0 Å². The van der Waals surface area contributed by atoms with Crippen molar-refractivity contribution in [1.82, 2.24) is 4.90 Å². The van der Waals surface area contributed by atoms with Gasteiger partial charge in [0.05, 0.1) is 0 Å². The fourth-order valence-corrected chi connectivity index (χ4v) is 3.23. The van der Waals surface area contributed by atoms with Crippen LogP contribution in [0.4, 0.5) is 0 Å². The molecular formula is C14H19NO3. The minimum Gasteiger partial charge on any atom is -0.342 e. The number of hydrogen-bond donors (Lipinski definition) is 0. The van der Waals surface area contributed by atoms with E-state index in [0.29, 0.717) is 31.5 Å². The SMILES string of the molecule is C=C1C(=O)C2(C(=O)N(CC)CC)CC(=O)CC1C2. The summed E-state index contributed by atoms with van der Waals surface area (Å²) in [6.07, 6.45) is 0.917. The number of Topliss-reactive ketones (excluding diaryl/α,β-unsaturated/α-hetero) is 2. The number of fused-ring (bicyclic) bond motifs is 2. The summed E-state index contributed by atoms with van der Waals surface area (Å²) in [5, 5.41) is 0. The molecular weight excluding hydrogens is 230 g/mol. The second kappa shape index (κ2) is 4.34. The molecule has 2 aliphatic rings. The number of carbonyl (C=O) groups is 3. The maximum atomic E-state index is 12.6. The van der Waals surface area contributed by atoms with Gasteiger partial charge in [0.15, 0.2) is 5.78 Å². The highest BCUT2D eigenvalue weighted by atomic mass is 16.2. The number of nitrogens with zero attached hydrogens (tertiary/aromatic N) is 1. The van der Waals surface area contributed by atoms with Crippen LogP contribution in [0.1, 0.15) is 33.1 Å². The Morgan fingerprint density at radius 1 is 1.39 bits per heavy atom. The fourth-order valence-electron chi connectivity index (χ4n) is 3.23. The lowest BCUT2D eigenvalue weighted by atomic mass is 9.73. The first-order valence-electron chi connectivity index (χ1n) is 6.51. The van der Waals surface area contributed by atoms with Crippen molar-refractivity contribution in [2.45, 2.75) is 33.1 Å². The van der Waals surface area contributed by atoms with E-state index in [1.165, 1.54) is 0 Å². The van der Waals surface area contributed by atoms with E-state index in [-0.39, 0.29) is 29.8 Å². The van der Waals surface area contributed by atoms with Gasteiger partial charge < -0.3 is 4.90 Å². The molecule has 0 aromatic carbocycles. The highest BCUT2D eigenvalue weighted by Gasteiger charge is 2.59. The lowest BCUT2D eigenvalue weighted by Crippen LogP contribution is -2.48. The Hall–Kier alpha value is -1.45. The van der Waals surface area contributed by atoms with Gasteiger partial charge in [0.2, 0.25) is 5.91 Å². The zero-order valence-corrected chi connectivity index (χ0v) is 11.0. The number of rotatable bonds is 3. The zero-order valence-electron chi connectivity index (χ0n) is 11.0. The molecule has 4 heteroatoms. The molecule has 2 atom stereocenters. The van der Waals surface area contributed by atoms with Gasteiger partial charge >= 0.3 is 0 Å². The van der Waals surface area contributed by atoms with Gasteiger partial charge in [-0.1, -0.05) is 6.58 Å². The van der Waals surface area contributed by atoms with Crippen LogP contribution in [-0.2, 0) is 14.4 Å². The molecule has 4 nitrogen and oxygen atoms in total. The first kappa shape index (κ1) is 13.0. The van der Waals surface area contributed by atoms with Gasteiger partial charge in [-0.25, -0.2) is 0 Å². The van der Waals surface area contributed by atoms with Gasteiger partial charge in [-0.3, -0.25) is 14.4 Å². The molecule has 98 valence electrons. The summed E-state index contributed by atoms with van der Waals surface area (Å²) in [5.41, 5.74) is -0.648. The van der Waals surface area contributed by atoms with Crippen LogP contribution in [-0.4, -0.2) is 35.5 Å². The Labute approximate surface area is 107 Å². The van der Waals surface area contributed by atoms with Crippen LogP contribution in [0.15, 0.2) is 12.2 Å². The summed E-state index contributed by atoms with van der Waals surface area (Å²) in [5.74, 6) is -0.485. The maximum absolute atomic E-state index is 12.6. The number of allylic oxidation sites excluding steroid dienone is 1. The zero-order chi connectivity index (χ0) is 13.5. The summed E-state index contributed by atoms with van der Waals surface area (Å²) >= 11 is 0. The smallest absolute Gasteiger partial charge is 0.237 e. The standard InChI is InChI=1S/C14H19NO3/c1-4-15(5-2)13(18)14-7-10(6-11(16)8-14)9(3)12(14)17/h10H,3-8H2,1-2H3. The van der Waals surface area contributed by atoms with Crippen molar-refractivity contribution >= 4 is 17.5 Å². The summed E-state index contributed by atoms with van der Waals surface area (Å²) in [6.45, 7) is 8.68. The highest BCUT2D eigenvalue weighted by Crippen LogP contribution is 2.50. The molecule has 0 aromatic rings. The first-order chi connectivity index (χ1) is 8.46. The Morgan fingerprint density at radius 3 is 2.56 bits per heavy atom. The minimum absolute atomic E-state index is 0.0127. The molecule has 18 heavy (non-hydrogen) atoms. The highest BCUT2D eigenvalue weighted by molar-refractivity contribution is 6.19. The van der Waals surface area contributed by atoms with Gasteiger partial charge in [0, 0.05) is 25.9 Å². The lowest BCUT2D eigenvalue weighted by Gasteiger charge is -2.33. The van der Waals surface area contributed by atoms with Crippen molar-refractivity contribution in [3.8, 4) is 0 Å². The van der Waals surface area contributed by atoms with Gasteiger partial charge in [0.1, 0.15) is 11.2 Å². The topological polar surface area (TPSA) is 54.5 Å². The Morgan fingerprint density at radius 2 is 2.00 bits per heavy atom. The third kappa shape index (κ3) is 1.62. The average molecular weight is 249 g/mol. The number of hydrogen-bond acceptors (Lipinski definition) is 3. The van der Waals surface area contributed by atoms with Gasteiger partial charge in [-0.05, 0) is 31.8 Å². The van der Waals surface area contributed by atoms with Gasteiger partial charge in [0.25, 0.3) is 0 Å². The molecule has 0 saturated heterocycles. The number of ketones is 2. The summed E-state index contributed by atoms with van der Waals surface area (Å²) in [4.78, 5) is 38.3. The normalized spacial score (nSPS) is 30.8. The minimum atomic E-state index is -1.12. The molecule has 1 amide bonds. The third-order valence-electron chi connectivity index (χ3n) is 4.25. The summed E-state index contributed by atoms with van der Waals surface area (Å²) in [6, 6.07) is 0. The van der Waals surface area contributed by atoms with Crippen molar-refractivity contribution in [2.24, 2.45) is 11.3 Å². The molecule has 2 unspecified atom stereocenters. The van der Waals surface area contributed by atoms with Crippen LogP contribution in [0.25, 0.3) is 0 Å². The molecule has 0 aliphatic heterocycles. The van der Waals surface area contributed by atoms with Crippen LogP contribution in [0.2, 0.25) is 0 Å². The van der Waals surface area contributed by atoms with Crippen LogP contribution in [0.3, 0.4) is 0 Å². The van der Waals surface area contributed by atoms with Crippen LogP contribution in [0, 0.1) is 11.3 Å². The van der Waals surface area contributed by atoms with E-state index in [4.69, 9.17) is 0 Å². The fraction of sp³-hybridized carbons (Fsp3) is 0.643. The molecule has 0 aromatic heterocycles. The molecule has 2 rings (SSSR count). The predicted octanol–water partition coefficient (Wildman–Crippen LogP) is 1.35. The second-order valence-electron chi connectivity index (χ2n) is 5.23. The van der Waals surface area contributed by atoms with Crippen molar-refractivity contribution < 1.29 is 14.4 Å². The van der Waals surface area contributed by atoms with E-state index in [2.05, 4.69) is 6.58 Å². The van der Waals surface area contributed by atoms with Crippen molar-refractivity contribution in [2.75, 3.05) is 13.1 Å². The van der Waals surface area contributed by atoms with E-state index in [0.717, 1.165) is 0 Å². The van der Waals surface area contributed by atoms with Crippen LogP contribution in [0.5, 0.6) is 0 Å². The molecule has 0 spiro atoms. The lowest BCUT2D eigenvalue weighted by molar-refractivity contribution is -0.151. The van der Waals surface area contributed by atoms with Crippen molar-refractivity contribution in [3.05, 3.63) is 12.2 Å². The monoisotopic (exact) mass is 249 g/mol. The molecule has 2 saturated carbocycles. The molecule has 2 aliphatic carbocycles. The Kier molecular flexibility index (Phi) is 3.13. The van der Waals surface area contributed by atoms with E-state index < -0.39 is 5.41 Å². The molecule has 2 bridgehead atoms. The number of amides is 1. The molecule has 0 heterocycles. The predicted molar refractivity (Wildman–Crippen MR) is 66.9 cm³/mol. The summed E-state index contributed by atoms with van der Waals surface area (Å²) in [7, 11) is 0. The second-order valence-corrected chi connectivity index (χ2v) is 5.23. The summed E-state index contributed by atoms with van der Waals surface area (Å²) < 4.78 is 0. The van der Waals surface area contributed by atoms with Crippen molar-refractivity contribution in [1.29, 1.82) is 0 Å². The maximum Gasteiger partial charge on any atom is 0.237 e. The van der Waals surface area contributed by atoms with E-state index in [1.807, 2.05) is 13.8 Å². The third-order valence-corrected chi connectivity index (χ3v) is 4.25. The van der Waals surface area contributed by atoms with Crippen LogP contribution < -0.4 is 0 Å². The van der Waals surface area contributed by atoms with E-state index >= 15 is 0 Å². The molecule has 0 radical (unpaired) electrons. The molecule has 2 fully saturated rings. The Balaban J connectivity index is 2.39. The largest absolute Gasteiger partial charge is 0.342 e. The van der Waals surface area contributed by atoms with E-state index in [9.17, 15) is 14.4 Å². The van der Waals surface area contributed by atoms with Crippen molar-refractivity contribution in [3.63, 3.8) is 0 Å². The quantitative estimate of drug-likeness (QED) is 0.560. The van der Waals surface area contributed by atoms with Gasteiger partial charge in [-0.15, -0.1) is 0 Å². The average Bonchev–Trinajstić information content (AvgIpc) is 2.53. The van der Waals surface area contributed by atoms with E-state index in [1.54, 1.807) is 4.90 Å². The molecule has 0 N–H and O–H groups in total.